The van der Waals surface area contributed by atoms with E-state index in [0.29, 0.717) is 11.0 Å². The van der Waals surface area contributed by atoms with Crippen molar-refractivity contribution in [2.45, 2.75) is 39.7 Å². The highest BCUT2D eigenvalue weighted by molar-refractivity contribution is 7.14. The summed E-state index contributed by atoms with van der Waals surface area (Å²) >= 11 is 7.90. The molecule has 3 rings (SSSR count). The van der Waals surface area contributed by atoms with Crippen LogP contribution in [0.2, 0.25) is 0 Å². The molecule has 1 fully saturated rings. The minimum absolute atomic E-state index is 0.143. The predicted molar refractivity (Wildman–Crippen MR) is 130 cm³/mol. The van der Waals surface area contributed by atoms with Gasteiger partial charge in [0.1, 0.15) is 16.6 Å². The molecule has 1 saturated carbocycles. The van der Waals surface area contributed by atoms with Gasteiger partial charge < -0.3 is 10.1 Å². The SMILES string of the molecule is C=C/C(F)=C\C(Cl)=C(/C)C(C)NC(=C)c1cc(OCC2CC2)cc(-c2ncc(C)s2)c1. The quantitative estimate of drug-likeness (QED) is 0.376. The molecule has 1 atom stereocenters. The number of nitrogens with zero attached hydrogens (tertiary/aromatic N) is 1. The third kappa shape index (κ3) is 6.55. The van der Waals surface area contributed by atoms with E-state index in [1.165, 1.54) is 18.9 Å². The van der Waals surface area contributed by atoms with Crippen molar-refractivity contribution in [2.24, 2.45) is 5.92 Å². The lowest BCUT2D eigenvalue weighted by atomic mass is 10.1. The minimum Gasteiger partial charge on any atom is -0.493 e. The van der Waals surface area contributed by atoms with E-state index in [-0.39, 0.29) is 6.04 Å². The highest BCUT2D eigenvalue weighted by Crippen LogP contribution is 2.34. The van der Waals surface area contributed by atoms with E-state index < -0.39 is 5.83 Å². The van der Waals surface area contributed by atoms with Gasteiger partial charge in [0.05, 0.1) is 6.61 Å². The van der Waals surface area contributed by atoms with E-state index >= 15 is 0 Å². The van der Waals surface area contributed by atoms with Gasteiger partial charge >= 0.3 is 0 Å². The lowest BCUT2D eigenvalue weighted by Crippen LogP contribution is -2.25. The molecule has 2 aromatic rings. The maximum Gasteiger partial charge on any atom is 0.124 e. The summed E-state index contributed by atoms with van der Waals surface area (Å²) in [7, 11) is 0. The Morgan fingerprint density at radius 3 is 2.77 bits per heavy atom. The summed E-state index contributed by atoms with van der Waals surface area (Å²) in [5, 5.41) is 4.65. The van der Waals surface area contributed by atoms with E-state index in [2.05, 4.69) is 29.5 Å². The first-order valence-corrected chi connectivity index (χ1v) is 11.5. The smallest absolute Gasteiger partial charge is 0.124 e. The summed E-state index contributed by atoms with van der Waals surface area (Å²) < 4.78 is 19.5. The Morgan fingerprint density at radius 1 is 1.42 bits per heavy atom. The Labute approximate surface area is 193 Å². The molecule has 1 aliphatic rings. The molecule has 1 unspecified atom stereocenters. The molecule has 0 aliphatic heterocycles. The third-order valence-corrected chi connectivity index (χ3v) is 6.55. The highest BCUT2D eigenvalue weighted by Gasteiger charge is 2.22. The average Bonchev–Trinajstić information content (AvgIpc) is 3.49. The van der Waals surface area contributed by atoms with Gasteiger partial charge in [-0.05, 0) is 75.5 Å². The molecule has 0 amide bonds. The van der Waals surface area contributed by atoms with E-state index in [1.807, 2.05) is 39.1 Å². The molecular formula is C25H28ClFN2OS. The van der Waals surface area contributed by atoms with Gasteiger partial charge in [0.2, 0.25) is 0 Å². The van der Waals surface area contributed by atoms with E-state index in [0.717, 1.165) is 50.7 Å². The van der Waals surface area contributed by atoms with Crippen molar-refractivity contribution < 1.29 is 9.13 Å². The Bertz CT molecular complexity index is 1040. The van der Waals surface area contributed by atoms with Crippen molar-refractivity contribution in [3.63, 3.8) is 0 Å². The number of hydrogen-bond acceptors (Lipinski definition) is 4. The molecule has 1 aliphatic carbocycles. The van der Waals surface area contributed by atoms with Gasteiger partial charge in [0.15, 0.2) is 0 Å². The molecule has 6 heteroatoms. The van der Waals surface area contributed by atoms with E-state index in [4.69, 9.17) is 16.3 Å². The lowest BCUT2D eigenvalue weighted by Gasteiger charge is -2.20. The molecule has 1 heterocycles. The number of aryl methyl sites for hydroxylation is 1. The molecule has 0 bridgehead atoms. The predicted octanol–water partition coefficient (Wildman–Crippen LogP) is 7.41. The first-order valence-electron chi connectivity index (χ1n) is 10.3. The van der Waals surface area contributed by atoms with Crippen molar-refractivity contribution in [3.8, 4) is 16.3 Å². The maximum atomic E-state index is 13.5. The van der Waals surface area contributed by atoms with Crippen LogP contribution in [0.1, 0.15) is 37.1 Å². The molecule has 164 valence electrons. The van der Waals surface area contributed by atoms with E-state index in [9.17, 15) is 4.39 Å². The first kappa shape index (κ1) is 23.3. The third-order valence-electron chi connectivity index (χ3n) is 5.18. The van der Waals surface area contributed by atoms with Crippen LogP contribution in [0, 0.1) is 12.8 Å². The zero-order chi connectivity index (χ0) is 22.5. The molecule has 1 aromatic carbocycles. The first-order chi connectivity index (χ1) is 14.8. The summed E-state index contributed by atoms with van der Waals surface area (Å²) in [6, 6.07) is 5.94. The fourth-order valence-electron chi connectivity index (χ4n) is 2.92. The normalized spacial score (nSPS) is 15.8. The summed E-state index contributed by atoms with van der Waals surface area (Å²) in [6.45, 7) is 14.2. The summed E-state index contributed by atoms with van der Waals surface area (Å²) in [6.07, 6.45) is 6.73. The molecule has 3 nitrogen and oxygen atoms in total. The molecule has 0 spiro atoms. The number of thiazole rings is 1. The van der Waals surface area contributed by atoms with Gasteiger partial charge in [-0.1, -0.05) is 24.8 Å². The number of nitrogens with one attached hydrogen (secondary N) is 1. The fraction of sp³-hybridized carbons (Fsp3) is 0.320. The Balaban J connectivity index is 1.83. The molecule has 31 heavy (non-hydrogen) atoms. The average molecular weight is 459 g/mol. The molecule has 0 saturated heterocycles. The number of benzene rings is 1. The fourth-order valence-corrected chi connectivity index (χ4v) is 3.94. The summed E-state index contributed by atoms with van der Waals surface area (Å²) in [4.78, 5) is 5.68. The molecular weight excluding hydrogens is 431 g/mol. The van der Waals surface area contributed by atoms with Gasteiger partial charge in [0, 0.05) is 39.0 Å². The van der Waals surface area contributed by atoms with Crippen molar-refractivity contribution in [1.82, 2.24) is 10.3 Å². The second kappa shape index (κ2) is 10.3. The Hall–Kier alpha value is -2.37. The second-order valence-electron chi connectivity index (χ2n) is 7.89. The number of hydrogen-bond donors (Lipinski definition) is 1. The van der Waals surface area contributed by atoms with Gasteiger partial charge in [0.25, 0.3) is 0 Å². The van der Waals surface area contributed by atoms with Gasteiger partial charge in [-0.3, -0.25) is 0 Å². The van der Waals surface area contributed by atoms with Crippen molar-refractivity contribution in [1.29, 1.82) is 0 Å². The minimum atomic E-state index is -0.473. The topological polar surface area (TPSA) is 34.1 Å². The van der Waals surface area contributed by atoms with Crippen LogP contribution in [0.25, 0.3) is 16.3 Å². The zero-order valence-corrected chi connectivity index (χ0v) is 19.7. The zero-order valence-electron chi connectivity index (χ0n) is 18.2. The van der Waals surface area contributed by atoms with Crippen LogP contribution in [-0.4, -0.2) is 17.6 Å². The molecule has 1 N–H and O–H groups in total. The molecule has 0 radical (unpaired) electrons. The van der Waals surface area contributed by atoms with Crippen LogP contribution in [0.15, 0.2) is 66.1 Å². The number of rotatable bonds is 10. The maximum absolute atomic E-state index is 13.5. The lowest BCUT2D eigenvalue weighted by molar-refractivity contribution is 0.300. The van der Waals surface area contributed by atoms with Crippen molar-refractivity contribution in [3.05, 3.63) is 76.6 Å². The van der Waals surface area contributed by atoms with Crippen LogP contribution in [-0.2, 0) is 0 Å². The number of halogens is 2. The monoisotopic (exact) mass is 458 g/mol. The number of allylic oxidation sites excluding steroid dienone is 4. The van der Waals surface area contributed by atoms with Crippen molar-refractivity contribution in [2.75, 3.05) is 6.61 Å². The van der Waals surface area contributed by atoms with Crippen LogP contribution < -0.4 is 10.1 Å². The number of ether oxygens (including phenoxy) is 1. The Morgan fingerprint density at radius 2 is 2.16 bits per heavy atom. The summed E-state index contributed by atoms with van der Waals surface area (Å²) in [5.74, 6) is 0.998. The highest BCUT2D eigenvalue weighted by atomic mass is 35.5. The largest absolute Gasteiger partial charge is 0.493 e. The van der Waals surface area contributed by atoms with Gasteiger partial charge in [-0.15, -0.1) is 11.3 Å². The van der Waals surface area contributed by atoms with Gasteiger partial charge in [-0.2, -0.15) is 0 Å². The van der Waals surface area contributed by atoms with Crippen LogP contribution >= 0.6 is 22.9 Å². The van der Waals surface area contributed by atoms with Gasteiger partial charge in [-0.25, -0.2) is 9.37 Å². The number of aromatic nitrogens is 1. The Kier molecular flexibility index (Phi) is 7.74. The molecule has 1 aromatic heterocycles. The van der Waals surface area contributed by atoms with Crippen LogP contribution in [0.4, 0.5) is 4.39 Å². The van der Waals surface area contributed by atoms with E-state index in [1.54, 1.807) is 11.3 Å². The van der Waals surface area contributed by atoms with Crippen LogP contribution in [0.3, 0.4) is 0 Å². The second-order valence-corrected chi connectivity index (χ2v) is 9.53. The standard InChI is InChI=1S/C25H28ClFN2OS/c1-6-22(27)12-24(26)16(3)17(4)29-18(5)20-9-21(25-28-13-15(2)31-25)11-23(10-20)30-14-19-7-8-19/h6,9-13,17,19,29H,1,5,7-8,14H2,2-4H3/b22-12+,24-16-. The van der Waals surface area contributed by atoms with Crippen LogP contribution in [0.5, 0.6) is 5.75 Å². The summed E-state index contributed by atoms with van der Waals surface area (Å²) in [5.41, 5.74) is 3.45. The van der Waals surface area contributed by atoms with Crippen molar-refractivity contribution >= 4 is 28.6 Å².